The van der Waals surface area contributed by atoms with Gasteiger partial charge < -0.3 is 40.9 Å². The molecule has 308 valence electrons. The van der Waals surface area contributed by atoms with Gasteiger partial charge >= 0.3 is 41.5 Å². The van der Waals surface area contributed by atoms with E-state index in [2.05, 4.69) is 68.6 Å². The van der Waals surface area contributed by atoms with Crippen LogP contribution in [-0.4, -0.2) is 124 Å². The van der Waals surface area contributed by atoms with Gasteiger partial charge in [-0.15, -0.1) is 22.7 Å². The van der Waals surface area contributed by atoms with E-state index in [9.17, 15) is 14.7 Å². The van der Waals surface area contributed by atoms with E-state index in [1.165, 1.54) is 53.7 Å². The van der Waals surface area contributed by atoms with Gasteiger partial charge in [-0.3, -0.25) is 9.59 Å². The molecule has 0 aromatic carbocycles. The zero-order valence-corrected chi connectivity index (χ0v) is 38.2. The fourth-order valence-corrected chi connectivity index (χ4v) is 11.6. The molecule has 0 spiro atoms. The fourth-order valence-electron chi connectivity index (χ4n) is 9.12. The van der Waals surface area contributed by atoms with Crippen molar-refractivity contribution in [1.29, 1.82) is 0 Å². The second-order valence-corrected chi connectivity index (χ2v) is 17.9. The molecule has 57 heavy (non-hydrogen) atoms. The molecule has 0 bridgehead atoms. The molecule has 2 unspecified atom stereocenters. The maximum atomic E-state index is 11.9. The first-order valence-corrected chi connectivity index (χ1v) is 21.3. The molecule has 2 saturated carbocycles. The van der Waals surface area contributed by atoms with E-state index in [1.54, 1.807) is 35.3 Å². The molecule has 17 heteroatoms. The fraction of sp³-hybridized carbons (Fsp3) is 0.650. The number of carbonyl (C=O) groups excluding carboxylic acids is 1. The number of aryl methyl sites for hydroxylation is 2. The van der Waals surface area contributed by atoms with Gasteiger partial charge in [-0.05, 0) is 128 Å². The van der Waals surface area contributed by atoms with Gasteiger partial charge in [0.2, 0.25) is 0 Å². The van der Waals surface area contributed by atoms with Gasteiger partial charge in [0.1, 0.15) is 34.0 Å². The van der Waals surface area contributed by atoms with Crippen LogP contribution in [0, 0.1) is 0 Å². The van der Waals surface area contributed by atoms with Gasteiger partial charge in [-0.25, -0.2) is 19.9 Å². The smallest absolute Gasteiger partial charge is 0.870 e. The summed E-state index contributed by atoms with van der Waals surface area (Å²) in [5, 5.41) is 25.8. The van der Waals surface area contributed by atoms with Crippen LogP contribution >= 0.6 is 22.7 Å². The normalized spacial score (nSPS) is 23.6. The summed E-state index contributed by atoms with van der Waals surface area (Å²) in [6.07, 6.45) is 17.3. The maximum Gasteiger partial charge on any atom is 1.00 e. The van der Waals surface area contributed by atoms with Crippen molar-refractivity contribution in [2.24, 2.45) is 0 Å². The van der Waals surface area contributed by atoms with Crippen molar-refractivity contribution < 1.29 is 59.6 Å². The minimum Gasteiger partial charge on any atom is -0.870 e. The summed E-state index contributed by atoms with van der Waals surface area (Å²) >= 11 is 3.46. The van der Waals surface area contributed by atoms with Crippen molar-refractivity contribution in [2.75, 3.05) is 53.0 Å². The largest absolute Gasteiger partial charge is 1.00 e. The Morgan fingerprint density at radius 1 is 0.702 bits per heavy atom. The number of hydrogen-bond acceptors (Lipinski definition) is 15. The third-order valence-electron chi connectivity index (χ3n) is 12.1. The van der Waals surface area contributed by atoms with E-state index in [1.807, 2.05) is 0 Å². The van der Waals surface area contributed by atoms with E-state index in [0.717, 1.165) is 90.5 Å². The number of fused-ring (bicyclic) bond motifs is 6. The zero-order chi connectivity index (χ0) is 39.2. The Kier molecular flexibility index (Phi) is 17.9. The van der Waals surface area contributed by atoms with Gasteiger partial charge in [0.15, 0.2) is 0 Å². The number of nitrogens with zero attached hydrogens (tertiary/aromatic N) is 6. The molecule has 4 aliphatic rings. The summed E-state index contributed by atoms with van der Waals surface area (Å²) in [4.78, 5) is 50.6. The summed E-state index contributed by atoms with van der Waals surface area (Å²) in [7, 11) is 11.1. The standard InChI is InChI=1S/C20H28N4O2S.C19H26N4O2S.CH4O.Na.H2O/c1-24(2)14-7-5-13(6-8-14)23-19-18-17-12(10-16(25)26-3)4-9-15(17)27-20(18)22-11-21-19;1-23(2)13-6-4-12(5-7-13)22-18-17-16-11(9-15(24)25)3-8-14(16)26-19(17)21-10-20-18;1-2;;/h11-14H,4-10H2,1-3H3,(H,21,22,23);10-13H,3-9H2,1-2H3,(H,24,25)(H,20,21,22);2H,1H3;;1H2/q;;;+1;/p-1. The molecule has 5 N–H and O–H groups in total. The van der Waals surface area contributed by atoms with Gasteiger partial charge in [-0.1, -0.05) is 0 Å². The topological polar surface area (TPSA) is 196 Å². The van der Waals surface area contributed by atoms with Gasteiger partial charge in [0.05, 0.1) is 30.7 Å². The number of nitrogens with one attached hydrogen (secondary N) is 2. The average Bonchev–Trinajstić information content (AvgIpc) is 3.95. The minimum atomic E-state index is -0.726. The van der Waals surface area contributed by atoms with Crippen LogP contribution in [0.2, 0.25) is 0 Å². The number of methoxy groups -OCH3 is 1. The van der Waals surface area contributed by atoms with Crippen LogP contribution in [0.4, 0.5) is 11.6 Å². The number of thiophene rings is 2. The summed E-state index contributed by atoms with van der Waals surface area (Å²) in [5.41, 5.74) is 2.47. The van der Waals surface area contributed by atoms with Gasteiger partial charge in [0, 0.05) is 41.0 Å². The molecule has 4 aromatic rings. The van der Waals surface area contributed by atoms with Crippen LogP contribution in [0.5, 0.6) is 0 Å². The molecular weight excluding hydrogens is 776 g/mol. The Morgan fingerprint density at radius 2 is 1.11 bits per heavy atom. The van der Waals surface area contributed by atoms with Crippen LogP contribution < -0.4 is 40.2 Å². The summed E-state index contributed by atoms with van der Waals surface area (Å²) < 4.78 is 4.91. The predicted molar refractivity (Wildman–Crippen MR) is 223 cm³/mol. The Balaban J connectivity index is 0.000000234. The first-order valence-electron chi connectivity index (χ1n) is 19.7. The number of ether oxygens (including phenoxy) is 1. The number of aromatic nitrogens is 4. The van der Waals surface area contributed by atoms with Crippen molar-refractivity contribution in [3.8, 4) is 0 Å². The molecule has 2 atom stereocenters. The predicted octanol–water partition coefficient (Wildman–Crippen LogP) is 3.49. The number of anilines is 2. The molecular formula is C40H59N8NaO6S2. The van der Waals surface area contributed by atoms with Crippen LogP contribution in [0.15, 0.2) is 12.7 Å². The number of aliphatic carboxylic acids is 1. The van der Waals surface area contributed by atoms with Crippen molar-refractivity contribution in [3.63, 3.8) is 0 Å². The van der Waals surface area contributed by atoms with E-state index < -0.39 is 5.97 Å². The number of carbonyl (C=O) groups is 2. The number of carboxylic acids is 1. The Hall–Kier alpha value is -2.54. The van der Waals surface area contributed by atoms with Gasteiger partial charge in [-0.2, -0.15) is 0 Å². The maximum absolute atomic E-state index is 11.9. The number of esters is 1. The van der Waals surface area contributed by atoms with Crippen LogP contribution in [0.25, 0.3) is 20.4 Å². The van der Waals surface area contributed by atoms with Crippen molar-refractivity contribution in [1.82, 2.24) is 29.7 Å². The van der Waals surface area contributed by atoms with Crippen molar-refractivity contribution in [2.45, 2.75) is 126 Å². The first-order chi connectivity index (χ1) is 26.6. The molecule has 14 nitrogen and oxygen atoms in total. The summed E-state index contributed by atoms with van der Waals surface area (Å²) in [6.45, 7) is 0. The third kappa shape index (κ3) is 11.0. The van der Waals surface area contributed by atoms with Crippen LogP contribution in [-0.2, 0) is 27.2 Å². The number of aliphatic hydroxyl groups excluding tert-OH is 1. The third-order valence-corrected chi connectivity index (χ3v) is 14.4. The van der Waals surface area contributed by atoms with Crippen LogP contribution in [0.3, 0.4) is 0 Å². The number of carboxylic acid groups (broad SMARTS) is 1. The molecule has 2 fully saturated rings. The average molecular weight is 835 g/mol. The molecule has 4 heterocycles. The molecule has 8 rings (SSSR count). The molecule has 4 aliphatic carbocycles. The monoisotopic (exact) mass is 834 g/mol. The number of aliphatic hydroxyl groups is 1. The van der Waals surface area contributed by atoms with Gasteiger partial charge in [0.25, 0.3) is 0 Å². The SMILES string of the molecule is CN(C)C1CCC(Nc2ncnc3sc4c(c23)C(CC(=O)O)CC4)CC1.CO.COC(=O)CC1CCc2sc3ncnc(NC4CCC(N(C)C)CC4)c3c21.[Na+].[OH-]. The molecule has 0 aliphatic heterocycles. The van der Waals surface area contributed by atoms with E-state index in [-0.39, 0.29) is 59.3 Å². The molecule has 4 aromatic heterocycles. The second-order valence-electron chi connectivity index (χ2n) is 15.8. The zero-order valence-electron chi connectivity index (χ0n) is 34.6. The number of rotatable bonds is 10. The Morgan fingerprint density at radius 3 is 1.47 bits per heavy atom. The number of hydrogen-bond donors (Lipinski definition) is 4. The Bertz CT molecular complexity index is 1930. The quantitative estimate of drug-likeness (QED) is 0.134. The van der Waals surface area contributed by atoms with E-state index >= 15 is 0 Å². The Labute approximate surface area is 366 Å². The molecule has 0 radical (unpaired) electrons. The molecule has 0 saturated heterocycles. The second kappa shape index (κ2) is 21.6. The van der Waals surface area contributed by atoms with Crippen molar-refractivity contribution in [3.05, 3.63) is 33.5 Å². The van der Waals surface area contributed by atoms with E-state index in [0.29, 0.717) is 30.6 Å². The molecule has 0 amide bonds. The van der Waals surface area contributed by atoms with Crippen LogP contribution in [0.1, 0.15) is 110 Å². The first kappa shape index (κ1) is 47.1. The van der Waals surface area contributed by atoms with Crippen molar-refractivity contribution >= 4 is 66.7 Å². The van der Waals surface area contributed by atoms with E-state index in [4.69, 9.17) is 9.84 Å². The summed E-state index contributed by atoms with van der Waals surface area (Å²) in [5.74, 6) is 1.29. The summed E-state index contributed by atoms with van der Waals surface area (Å²) in [6, 6.07) is 2.24. The minimum absolute atomic E-state index is 0.